The molecule has 1 aromatic carbocycles. The number of nitrogens with one attached hydrogen (secondary N) is 3. The topological polar surface area (TPSA) is 113 Å². The van der Waals surface area contributed by atoms with Gasteiger partial charge in [0.1, 0.15) is 6.10 Å². The molecule has 0 aliphatic carbocycles. The van der Waals surface area contributed by atoms with Gasteiger partial charge in [-0.05, 0) is 50.6 Å². The fourth-order valence-electron chi connectivity index (χ4n) is 3.40. The van der Waals surface area contributed by atoms with Crippen LogP contribution in [0.2, 0.25) is 0 Å². The van der Waals surface area contributed by atoms with Gasteiger partial charge in [-0.15, -0.1) is 0 Å². The normalized spacial score (nSPS) is 16.0. The van der Waals surface area contributed by atoms with Crippen LogP contribution in [-0.4, -0.2) is 40.7 Å². The minimum atomic E-state index is -4.77. The van der Waals surface area contributed by atoms with Crippen molar-refractivity contribution >= 4 is 35.0 Å². The summed E-state index contributed by atoms with van der Waals surface area (Å²) < 4.78 is 46.0. The third-order valence-corrected chi connectivity index (χ3v) is 5.66. The monoisotopic (exact) mass is 484 g/mol. The highest BCUT2D eigenvalue weighted by Crippen LogP contribution is 2.37. The maximum absolute atomic E-state index is 13.6. The first-order valence-corrected chi connectivity index (χ1v) is 11.4. The standard InChI is InChI=1S/C21H23F3N4O4S/c1-11-13(18(30)28-20(25-11)33-2)6-8-17(29)27-15-7-5-12(10-14(15)21(22,23)24)26-19(31)16-4-3-9-32-16/h5,7,10,16H,3-4,6,8-9H2,1-2H3,(H,26,31)(H,27,29)(H,25,28,30). The minimum absolute atomic E-state index is 0.0194. The van der Waals surface area contributed by atoms with E-state index in [0.717, 1.165) is 12.1 Å². The van der Waals surface area contributed by atoms with E-state index < -0.39 is 35.3 Å². The maximum Gasteiger partial charge on any atom is 0.418 e. The Morgan fingerprint density at radius 2 is 2.06 bits per heavy atom. The summed E-state index contributed by atoms with van der Waals surface area (Å²) in [5.41, 5.74) is -1.22. The van der Waals surface area contributed by atoms with Crippen molar-refractivity contribution in [2.45, 2.75) is 50.0 Å². The second-order valence-electron chi connectivity index (χ2n) is 7.44. The van der Waals surface area contributed by atoms with E-state index in [-0.39, 0.29) is 24.1 Å². The molecule has 33 heavy (non-hydrogen) atoms. The Morgan fingerprint density at radius 1 is 1.30 bits per heavy atom. The summed E-state index contributed by atoms with van der Waals surface area (Å²) in [5, 5.41) is 5.11. The molecule has 3 N–H and O–H groups in total. The van der Waals surface area contributed by atoms with Crippen LogP contribution < -0.4 is 16.2 Å². The van der Waals surface area contributed by atoms with E-state index in [1.807, 2.05) is 0 Å². The molecular weight excluding hydrogens is 461 g/mol. The summed E-state index contributed by atoms with van der Waals surface area (Å²) in [6.07, 6.45) is -2.68. The highest BCUT2D eigenvalue weighted by atomic mass is 32.2. The Balaban J connectivity index is 1.71. The van der Waals surface area contributed by atoms with Crippen molar-refractivity contribution in [3.05, 3.63) is 45.4 Å². The fraction of sp³-hybridized carbons (Fsp3) is 0.429. The molecule has 12 heteroatoms. The summed E-state index contributed by atoms with van der Waals surface area (Å²) in [4.78, 5) is 43.4. The van der Waals surface area contributed by atoms with Crippen molar-refractivity contribution in [1.82, 2.24) is 9.97 Å². The molecule has 1 unspecified atom stereocenters. The van der Waals surface area contributed by atoms with Crippen molar-refractivity contribution in [3.8, 4) is 0 Å². The molecule has 8 nitrogen and oxygen atoms in total. The van der Waals surface area contributed by atoms with Gasteiger partial charge in [0.15, 0.2) is 5.16 Å². The van der Waals surface area contributed by atoms with Crippen LogP contribution in [0.4, 0.5) is 24.5 Å². The number of anilines is 2. The van der Waals surface area contributed by atoms with Gasteiger partial charge in [0.2, 0.25) is 5.91 Å². The number of halogens is 3. The van der Waals surface area contributed by atoms with Crippen LogP contribution in [0.5, 0.6) is 0 Å². The largest absolute Gasteiger partial charge is 0.418 e. The smallest absolute Gasteiger partial charge is 0.368 e. The summed E-state index contributed by atoms with van der Waals surface area (Å²) in [6, 6.07) is 3.12. The number of hydrogen-bond acceptors (Lipinski definition) is 6. The van der Waals surface area contributed by atoms with Crippen LogP contribution >= 0.6 is 11.8 Å². The molecule has 0 bridgehead atoms. The number of aryl methyl sites for hydroxylation is 1. The number of thioether (sulfide) groups is 1. The van der Waals surface area contributed by atoms with Gasteiger partial charge in [-0.25, -0.2) is 4.98 Å². The third-order valence-electron chi connectivity index (χ3n) is 5.08. The quantitative estimate of drug-likeness (QED) is 0.410. The molecule has 2 heterocycles. The van der Waals surface area contributed by atoms with E-state index in [9.17, 15) is 27.6 Å². The van der Waals surface area contributed by atoms with Crippen molar-refractivity contribution in [3.63, 3.8) is 0 Å². The number of nitrogens with zero attached hydrogens (tertiary/aromatic N) is 1. The lowest BCUT2D eigenvalue weighted by atomic mass is 10.1. The number of benzene rings is 1. The minimum Gasteiger partial charge on any atom is -0.368 e. The summed E-state index contributed by atoms with van der Waals surface area (Å²) in [7, 11) is 0. The van der Waals surface area contributed by atoms with Gasteiger partial charge in [-0.1, -0.05) is 11.8 Å². The average molecular weight is 485 g/mol. The molecule has 1 fully saturated rings. The fourth-order valence-corrected chi connectivity index (χ4v) is 3.82. The van der Waals surface area contributed by atoms with E-state index in [0.29, 0.717) is 35.9 Å². The molecule has 1 aliphatic heterocycles. The number of ether oxygens (including phenoxy) is 1. The van der Waals surface area contributed by atoms with Gasteiger partial charge in [0.25, 0.3) is 11.5 Å². The number of aromatic nitrogens is 2. The second kappa shape index (κ2) is 10.4. The maximum atomic E-state index is 13.6. The average Bonchev–Trinajstić information content (AvgIpc) is 3.28. The zero-order valence-corrected chi connectivity index (χ0v) is 18.8. The molecule has 1 atom stereocenters. The molecule has 1 saturated heterocycles. The third kappa shape index (κ3) is 6.35. The Morgan fingerprint density at radius 3 is 2.67 bits per heavy atom. The number of carbonyl (C=O) groups is 2. The van der Waals surface area contributed by atoms with Gasteiger partial charge >= 0.3 is 6.18 Å². The number of carbonyl (C=O) groups excluding carboxylic acids is 2. The Hall–Kier alpha value is -2.86. The van der Waals surface area contributed by atoms with E-state index in [1.54, 1.807) is 13.2 Å². The lowest BCUT2D eigenvalue weighted by Crippen LogP contribution is -2.27. The Bertz CT molecular complexity index is 1100. The molecule has 3 rings (SSSR count). The van der Waals surface area contributed by atoms with Crippen LogP contribution in [0.15, 0.2) is 28.2 Å². The molecule has 1 aromatic heterocycles. The van der Waals surface area contributed by atoms with Crippen LogP contribution in [0.1, 0.15) is 36.1 Å². The number of alkyl halides is 3. The molecule has 2 aromatic rings. The van der Waals surface area contributed by atoms with Gasteiger partial charge in [0, 0.05) is 30.0 Å². The second-order valence-corrected chi connectivity index (χ2v) is 8.23. The van der Waals surface area contributed by atoms with Crippen LogP contribution in [0.3, 0.4) is 0 Å². The highest BCUT2D eigenvalue weighted by molar-refractivity contribution is 7.98. The summed E-state index contributed by atoms with van der Waals surface area (Å²) >= 11 is 1.26. The Labute approximate surface area is 191 Å². The van der Waals surface area contributed by atoms with Crippen molar-refractivity contribution in [2.75, 3.05) is 23.5 Å². The lowest BCUT2D eigenvalue weighted by Gasteiger charge is -2.17. The zero-order valence-electron chi connectivity index (χ0n) is 18.0. The molecule has 2 amide bonds. The predicted molar refractivity (Wildman–Crippen MR) is 117 cm³/mol. The molecule has 0 saturated carbocycles. The number of hydrogen-bond donors (Lipinski definition) is 3. The highest BCUT2D eigenvalue weighted by Gasteiger charge is 2.35. The summed E-state index contributed by atoms with van der Waals surface area (Å²) in [5.74, 6) is -1.21. The van der Waals surface area contributed by atoms with Crippen LogP contribution in [0.25, 0.3) is 0 Å². The number of rotatable bonds is 7. The lowest BCUT2D eigenvalue weighted by molar-refractivity contribution is -0.137. The summed E-state index contributed by atoms with van der Waals surface area (Å²) in [6.45, 7) is 2.06. The van der Waals surface area contributed by atoms with E-state index in [1.165, 1.54) is 17.8 Å². The van der Waals surface area contributed by atoms with Crippen molar-refractivity contribution in [1.29, 1.82) is 0 Å². The van der Waals surface area contributed by atoms with Crippen molar-refractivity contribution in [2.24, 2.45) is 0 Å². The SMILES string of the molecule is CSc1nc(C)c(CCC(=O)Nc2ccc(NC(=O)C3CCCO3)cc2C(F)(F)F)c(=O)[nH]1. The first-order chi connectivity index (χ1) is 15.6. The Kier molecular flexibility index (Phi) is 7.80. The number of amides is 2. The molecular formula is C21H23F3N4O4S. The van der Waals surface area contributed by atoms with Gasteiger partial charge < -0.3 is 20.4 Å². The number of H-pyrrole nitrogens is 1. The van der Waals surface area contributed by atoms with Crippen molar-refractivity contribution < 1.29 is 27.5 Å². The molecule has 0 spiro atoms. The van der Waals surface area contributed by atoms with Crippen LogP contribution in [-0.2, 0) is 26.9 Å². The van der Waals surface area contributed by atoms with E-state index in [2.05, 4.69) is 20.6 Å². The number of aromatic amines is 1. The van der Waals surface area contributed by atoms with E-state index >= 15 is 0 Å². The predicted octanol–water partition coefficient (Wildman–Crippen LogP) is 3.51. The van der Waals surface area contributed by atoms with Gasteiger partial charge in [-0.2, -0.15) is 13.2 Å². The molecule has 0 radical (unpaired) electrons. The van der Waals surface area contributed by atoms with E-state index in [4.69, 9.17) is 4.74 Å². The molecule has 1 aliphatic rings. The first kappa shape index (κ1) is 24.8. The van der Waals surface area contributed by atoms with Crippen LogP contribution in [0, 0.1) is 6.92 Å². The molecule has 178 valence electrons. The van der Waals surface area contributed by atoms with Gasteiger partial charge in [-0.3, -0.25) is 14.4 Å². The first-order valence-electron chi connectivity index (χ1n) is 10.2. The zero-order chi connectivity index (χ0) is 24.2. The van der Waals surface area contributed by atoms with Gasteiger partial charge in [0.05, 0.1) is 11.3 Å².